The van der Waals surface area contributed by atoms with Crippen LogP contribution in [0, 0.1) is 5.41 Å². The molecule has 3 heteroatoms. The SMILES string of the molecule is Cl.[2H]C([2H])([2H])C(=N)N. The fourth-order valence-corrected chi connectivity index (χ4v) is 0. The third-order valence-electron chi connectivity index (χ3n) is 0. The molecule has 0 aliphatic carbocycles. The third-order valence-corrected chi connectivity index (χ3v) is 0. The van der Waals surface area contributed by atoms with Crippen LogP contribution in [0.25, 0.3) is 0 Å². The summed E-state index contributed by atoms with van der Waals surface area (Å²) in [5.74, 6) is -0.757. The van der Waals surface area contributed by atoms with Crippen LogP contribution in [0.2, 0.25) is 0 Å². The van der Waals surface area contributed by atoms with Gasteiger partial charge in [-0.15, -0.1) is 12.4 Å². The molecule has 0 aromatic heterocycles. The van der Waals surface area contributed by atoms with Crippen molar-refractivity contribution >= 4 is 18.2 Å². The summed E-state index contributed by atoms with van der Waals surface area (Å²) in [6.07, 6.45) is 0. The first-order valence-electron chi connectivity index (χ1n) is 2.29. The summed E-state index contributed by atoms with van der Waals surface area (Å²) in [7, 11) is 0. The lowest BCUT2D eigenvalue weighted by Gasteiger charge is -1.66. The van der Waals surface area contributed by atoms with E-state index in [2.05, 4.69) is 5.73 Å². The van der Waals surface area contributed by atoms with Gasteiger partial charge in [0, 0.05) is 4.11 Å². The van der Waals surface area contributed by atoms with Gasteiger partial charge in [-0.3, -0.25) is 5.41 Å². The molecule has 0 rings (SSSR count). The number of nitrogens with two attached hydrogens (primary N) is 1. The summed E-state index contributed by atoms with van der Waals surface area (Å²) in [6, 6.07) is 0. The van der Waals surface area contributed by atoms with Gasteiger partial charge in [-0.1, -0.05) is 0 Å². The van der Waals surface area contributed by atoms with Crippen molar-refractivity contribution in [2.24, 2.45) is 5.73 Å². The second kappa shape index (κ2) is 3.76. The summed E-state index contributed by atoms with van der Waals surface area (Å²) >= 11 is 0. The average molecular weight is 97.6 g/mol. The Kier molecular flexibility index (Phi) is 1.53. The van der Waals surface area contributed by atoms with Gasteiger partial charge >= 0.3 is 0 Å². The second-order valence-corrected chi connectivity index (χ2v) is 0.414. The minimum atomic E-state index is -2.39. The molecule has 0 aromatic rings. The molecule has 0 spiro atoms. The smallest absolute Gasteiger partial charge is 0.0873 e. The van der Waals surface area contributed by atoms with Crippen LogP contribution in [-0.4, -0.2) is 5.84 Å². The van der Waals surface area contributed by atoms with Crippen molar-refractivity contribution in [1.82, 2.24) is 0 Å². The molecule has 0 radical (unpaired) electrons. The van der Waals surface area contributed by atoms with Crippen molar-refractivity contribution in [3.8, 4) is 0 Å². The molecule has 0 amide bonds. The van der Waals surface area contributed by atoms with Crippen LogP contribution in [0.3, 0.4) is 0 Å². The third kappa shape index (κ3) is 202. The first-order chi connectivity index (χ1) is 2.94. The highest BCUT2D eigenvalue weighted by Gasteiger charge is 1.53. The van der Waals surface area contributed by atoms with Gasteiger partial charge in [-0.05, 0) is 6.85 Å². The number of hydrogen-bond acceptors (Lipinski definition) is 1. The Balaban J connectivity index is 0. The van der Waals surface area contributed by atoms with Gasteiger partial charge in [0.15, 0.2) is 0 Å². The lowest BCUT2D eigenvalue weighted by Crippen LogP contribution is -2.00. The quantitative estimate of drug-likeness (QED) is 0.333. The molecule has 0 fully saturated rings. The first-order valence-corrected chi connectivity index (χ1v) is 0.789. The van der Waals surface area contributed by atoms with E-state index in [0.29, 0.717) is 0 Å². The fraction of sp³-hybridized carbons (Fsp3) is 0.500. The van der Waals surface area contributed by atoms with E-state index in [9.17, 15) is 0 Å². The molecule has 0 heterocycles. The molecule has 0 atom stereocenters. The van der Waals surface area contributed by atoms with Crippen LogP contribution >= 0.6 is 12.4 Å². The molecule has 0 unspecified atom stereocenters. The maximum atomic E-state index is 6.37. The molecule has 0 aliphatic rings. The molecule has 0 aliphatic heterocycles. The molecule has 0 aromatic carbocycles. The Morgan fingerprint density at radius 2 is 2.40 bits per heavy atom. The minimum absolute atomic E-state index is 0. The summed E-state index contributed by atoms with van der Waals surface area (Å²) in [5.41, 5.74) is 4.59. The Bertz CT molecular complexity index is 87.8. The van der Waals surface area contributed by atoms with Gasteiger partial charge in [0.2, 0.25) is 0 Å². The van der Waals surface area contributed by atoms with E-state index >= 15 is 0 Å². The molecule has 3 N–H and O–H groups in total. The molecule has 32 valence electrons. The van der Waals surface area contributed by atoms with Gasteiger partial charge in [0.1, 0.15) is 0 Å². The predicted molar refractivity (Wildman–Crippen MR) is 24.8 cm³/mol. The highest BCUT2D eigenvalue weighted by Crippen LogP contribution is 1.36. The zero-order valence-electron chi connectivity index (χ0n) is 5.49. The van der Waals surface area contributed by atoms with E-state index in [1.165, 1.54) is 0 Å². The van der Waals surface area contributed by atoms with Crippen molar-refractivity contribution in [1.29, 1.82) is 5.41 Å². The lowest BCUT2D eigenvalue weighted by molar-refractivity contribution is 1.42. The van der Waals surface area contributed by atoms with Crippen molar-refractivity contribution in [3.63, 3.8) is 0 Å². The fourth-order valence-electron chi connectivity index (χ4n) is 0. The summed E-state index contributed by atoms with van der Waals surface area (Å²) in [4.78, 5) is 0. The highest BCUT2D eigenvalue weighted by molar-refractivity contribution is 5.85. The molecular weight excluding hydrogens is 87.5 g/mol. The van der Waals surface area contributed by atoms with E-state index in [-0.39, 0.29) is 12.4 Å². The zero-order chi connectivity index (χ0) is 6.08. The Labute approximate surface area is 41.5 Å². The number of amidine groups is 1. The normalized spacial score (nSPS) is 16.4. The van der Waals surface area contributed by atoms with Crippen molar-refractivity contribution in [3.05, 3.63) is 0 Å². The van der Waals surface area contributed by atoms with E-state index in [0.717, 1.165) is 0 Å². The maximum Gasteiger partial charge on any atom is 0.0873 e. The number of nitrogens with one attached hydrogen (secondary N) is 1. The van der Waals surface area contributed by atoms with Crippen molar-refractivity contribution < 1.29 is 4.11 Å². The van der Waals surface area contributed by atoms with Crippen LogP contribution < -0.4 is 5.73 Å². The largest absolute Gasteiger partial charge is 0.388 e. The highest BCUT2D eigenvalue weighted by atomic mass is 35.5. The van der Waals surface area contributed by atoms with Gasteiger partial charge in [-0.2, -0.15) is 0 Å². The van der Waals surface area contributed by atoms with E-state index < -0.39 is 12.7 Å². The molecule has 0 saturated carbocycles. The van der Waals surface area contributed by atoms with E-state index in [4.69, 9.17) is 9.52 Å². The number of hydrogen-bond donors (Lipinski definition) is 2. The van der Waals surface area contributed by atoms with Crippen LogP contribution in [-0.2, 0) is 0 Å². The minimum Gasteiger partial charge on any atom is -0.388 e. The summed E-state index contributed by atoms with van der Waals surface area (Å²) in [5, 5.41) is 6.36. The molecule has 0 bridgehead atoms. The average Bonchev–Trinajstić information content (AvgIpc) is 1.31. The maximum absolute atomic E-state index is 6.37. The van der Waals surface area contributed by atoms with Gasteiger partial charge in [0.25, 0.3) is 0 Å². The summed E-state index contributed by atoms with van der Waals surface area (Å²) in [6.45, 7) is -2.39. The van der Waals surface area contributed by atoms with Gasteiger partial charge in [-0.25, -0.2) is 0 Å². The number of halogens is 1. The standard InChI is InChI=1S/C2H6N2.ClH/c1-2(3)4;/h1H3,(H3,3,4);1H/i1D3;. The molecule has 0 saturated heterocycles. The van der Waals surface area contributed by atoms with E-state index in [1.807, 2.05) is 0 Å². The monoisotopic (exact) mass is 97.0 g/mol. The zero-order valence-corrected chi connectivity index (χ0v) is 3.30. The molecular formula is C2H7ClN2. The van der Waals surface area contributed by atoms with E-state index in [1.54, 1.807) is 0 Å². The lowest BCUT2D eigenvalue weighted by atomic mass is 10.8. The van der Waals surface area contributed by atoms with Crippen LogP contribution in [0.5, 0.6) is 0 Å². The predicted octanol–water partition coefficient (Wildman–Crippen LogP) is 0.364. The van der Waals surface area contributed by atoms with Gasteiger partial charge in [0.05, 0.1) is 5.84 Å². The van der Waals surface area contributed by atoms with Gasteiger partial charge < -0.3 is 5.73 Å². The topological polar surface area (TPSA) is 49.9 Å². The molecule has 5 heavy (non-hydrogen) atoms. The van der Waals surface area contributed by atoms with Crippen LogP contribution in [0.1, 0.15) is 11.0 Å². The summed E-state index contributed by atoms with van der Waals surface area (Å²) < 4.78 is 19.1. The number of rotatable bonds is 0. The van der Waals surface area contributed by atoms with Crippen LogP contribution in [0.4, 0.5) is 0 Å². The Morgan fingerprint density at radius 1 is 2.20 bits per heavy atom. The molecule has 2 nitrogen and oxygen atoms in total. The van der Waals surface area contributed by atoms with Crippen LogP contribution in [0.15, 0.2) is 0 Å². The van der Waals surface area contributed by atoms with Crippen molar-refractivity contribution in [2.45, 2.75) is 6.85 Å². The van der Waals surface area contributed by atoms with Crippen molar-refractivity contribution in [2.75, 3.05) is 0 Å². The first kappa shape index (κ1) is 2.03. The Hall–Kier alpha value is -0.240. The Morgan fingerprint density at radius 3 is 2.40 bits per heavy atom. The second-order valence-electron chi connectivity index (χ2n) is 0.414.